The van der Waals surface area contributed by atoms with Gasteiger partial charge in [-0.15, -0.1) is 0 Å². The van der Waals surface area contributed by atoms with E-state index in [1.54, 1.807) is 0 Å². The topological polar surface area (TPSA) is 49.7 Å². The van der Waals surface area contributed by atoms with Gasteiger partial charge in [-0.25, -0.2) is 8.78 Å². The van der Waals surface area contributed by atoms with Crippen molar-refractivity contribution in [1.82, 2.24) is 0 Å². The number of ether oxygens (including phenoxy) is 1. The molecule has 6 heteroatoms. The van der Waals surface area contributed by atoms with Gasteiger partial charge in [0.1, 0.15) is 12.5 Å². The van der Waals surface area contributed by atoms with Gasteiger partial charge in [0.25, 0.3) is 0 Å². The molecule has 0 amide bonds. The number of aliphatic hydroxyl groups excluding tert-OH is 1. The first-order valence-electron chi connectivity index (χ1n) is 6.10. The molecule has 1 atom stereocenters. The molecule has 0 aliphatic heterocycles. The third-order valence-corrected chi connectivity index (χ3v) is 3.70. The summed E-state index contributed by atoms with van der Waals surface area (Å²) in [5.41, 5.74) is 0.752. The third-order valence-electron chi connectivity index (χ3n) is 3.27. The Hall–Kier alpha value is -0.750. The van der Waals surface area contributed by atoms with Crippen LogP contribution in [0.15, 0.2) is 6.07 Å². The van der Waals surface area contributed by atoms with E-state index in [-0.39, 0.29) is 17.2 Å². The number of hydrogen-bond acceptors (Lipinski definition) is 3. The van der Waals surface area contributed by atoms with E-state index in [2.05, 4.69) is 0 Å². The van der Waals surface area contributed by atoms with Gasteiger partial charge in [0, 0.05) is 11.1 Å². The summed E-state index contributed by atoms with van der Waals surface area (Å²) in [5.74, 6) is -0.531. The van der Waals surface area contributed by atoms with E-state index < -0.39 is 24.9 Å². The molecule has 0 heterocycles. The lowest BCUT2D eigenvalue weighted by atomic mass is 9.87. The van der Waals surface area contributed by atoms with Crippen molar-refractivity contribution in [2.75, 3.05) is 13.3 Å². The molecule has 1 aromatic carbocycles. The normalized spacial score (nSPS) is 18.7. The van der Waals surface area contributed by atoms with E-state index in [1.807, 2.05) is 0 Å². The number of halogens is 3. The lowest BCUT2D eigenvalue weighted by Gasteiger charge is -2.28. The minimum atomic E-state index is -1.85. The minimum absolute atomic E-state index is 0.0892. The van der Waals surface area contributed by atoms with Gasteiger partial charge in [0.05, 0.1) is 17.7 Å². The molecule has 0 bridgehead atoms. The summed E-state index contributed by atoms with van der Waals surface area (Å²) in [7, 11) is 0. The van der Waals surface area contributed by atoms with E-state index in [4.69, 9.17) is 16.3 Å². The second-order valence-corrected chi connectivity index (χ2v) is 4.85. The Labute approximate surface area is 114 Å². The first-order valence-corrected chi connectivity index (χ1v) is 6.48. The average Bonchev–Trinajstić information content (AvgIpc) is 2.39. The van der Waals surface area contributed by atoms with Crippen LogP contribution in [-0.4, -0.2) is 23.5 Å². The number of rotatable bonds is 4. The van der Waals surface area contributed by atoms with Crippen LogP contribution in [0.4, 0.5) is 8.78 Å². The van der Waals surface area contributed by atoms with Gasteiger partial charge in [-0.1, -0.05) is 11.6 Å². The lowest BCUT2D eigenvalue weighted by molar-refractivity contribution is -0.0429. The average molecular weight is 293 g/mol. The van der Waals surface area contributed by atoms with E-state index in [0.717, 1.165) is 12.5 Å². The fourth-order valence-electron chi connectivity index (χ4n) is 2.44. The number of fused-ring (bicyclic) bond motifs is 1. The zero-order valence-corrected chi connectivity index (χ0v) is 11.0. The van der Waals surface area contributed by atoms with Crippen molar-refractivity contribution in [3.05, 3.63) is 33.6 Å². The van der Waals surface area contributed by atoms with Crippen LogP contribution in [0.1, 0.15) is 41.9 Å². The van der Waals surface area contributed by atoms with Crippen LogP contribution < -0.4 is 0 Å². The zero-order valence-electron chi connectivity index (χ0n) is 10.2. The molecule has 2 N–H and O–H groups in total. The fraction of sp³-hybridized carbons (Fsp3) is 0.538. The van der Waals surface area contributed by atoms with Gasteiger partial charge in [-0.05, 0) is 30.9 Å². The van der Waals surface area contributed by atoms with Gasteiger partial charge in [-0.2, -0.15) is 0 Å². The van der Waals surface area contributed by atoms with Crippen LogP contribution in [0.2, 0.25) is 5.02 Å². The maximum Gasteiger partial charge on any atom is 0.180 e. The van der Waals surface area contributed by atoms with E-state index in [1.165, 1.54) is 0 Å². The predicted molar refractivity (Wildman–Crippen MR) is 66.2 cm³/mol. The first-order chi connectivity index (χ1) is 9.06. The van der Waals surface area contributed by atoms with Gasteiger partial charge in [-0.3, -0.25) is 0 Å². The highest BCUT2D eigenvalue weighted by molar-refractivity contribution is 6.32. The molecule has 0 saturated heterocycles. The largest absolute Gasteiger partial charge is 0.371 e. The molecular weight excluding hydrogens is 278 g/mol. The molecule has 0 radical (unpaired) electrons. The van der Waals surface area contributed by atoms with Crippen LogP contribution in [0, 0.1) is 5.82 Å². The summed E-state index contributed by atoms with van der Waals surface area (Å²) in [6, 6.07) is 1.03. The molecule has 1 aliphatic rings. The molecular formula is C13H15ClF2O3. The quantitative estimate of drug-likeness (QED) is 0.839. The van der Waals surface area contributed by atoms with Gasteiger partial charge < -0.3 is 14.9 Å². The van der Waals surface area contributed by atoms with Crippen LogP contribution in [0.3, 0.4) is 0 Å². The van der Waals surface area contributed by atoms with Crippen molar-refractivity contribution in [2.24, 2.45) is 0 Å². The standard InChI is InChI=1S/C13H15ClF2O3/c14-12-8(13(17)18)6-9(16)7-2-1-3-10(11(7)12)19-5-4-15/h6,10,13,17-18H,1-5H2. The maximum absolute atomic E-state index is 14.0. The molecule has 3 nitrogen and oxygen atoms in total. The number of aliphatic hydroxyl groups is 2. The second-order valence-electron chi connectivity index (χ2n) is 4.47. The van der Waals surface area contributed by atoms with Crippen LogP contribution in [0.5, 0.6) is 0 Å². The smallest absolute Gasteiger partial charge is 0.180 e. The van der Waals surface area contributed by atoms with Crippen LogP contribution in [-0.2, 0) is 11.2 Å². The Kier molecular flexibility index (Phi) is 4.73. The molecule has 0 spiro atoms. The van der Waals surface area contributed by atoms with Crippen LogP contribution >= 0.6 is 11.6 Å². The number of alkyl halides is 1. The van der Waals surface area contributed by atoms with Gasteiger partial charge >= 0.3 is 0 Å². The Morgan fingerprint density at radius 1 is 1.47 bits per heavy atom. The van der Waals surface area contributed by atoms with Gasteiger partial charge in [0.15, 0.2) is 6.29 Å². The second kappa shape index (κ2) is 6.13. The Balaban J connectivity index is 2.47. The molecule has 1 aliphatic carbocycles. The molecule has 0 fully saturated rings. The van der Waals surface area contributed by atoms with Crippen molar-refractivity contribution in [3.8, 4) is 0 Å². The summed E-state index contributed by atoms with van der Waals surface area (Å²) >= 11 is 6.11. The molecule has 0 aromatic heterocycles. The number of hydrogen-bond donors (Lipinski definition) is 2. The Morgan fingerprint density at radius 3 is 2.84 bits per heavy atom. The minimum Gasteiger partial charge on any atom is -0.371 e. The number of benzene rings is 1. The van der Waals surface area contributed by atoms with E-state index >= 15 is 0 Å². The Bertz CT molecular complexity index is 466. The SMILES string of the molecule is OC(O)c1cc(F)c2c(c1Cl)C(OCCF)CCC2. The Morgan fingerprint density at radius 2 is 2.21 bits per heavy atom. The van der Waals surface area contributed by atoms with Crippen molar-refractivity contribution >= 4 is 11.6 Å². The van der Waals surface area contributed by atoms with Crippen molar-refractivity contribution in [1.29, 1.82) is 0 Å². The highest BCUT2D eigenvalue weighted by Crippen LogP contribution is 2.41. The van der Waals surface area contributed by atoms with Crippen molar-refractivity contribution in [2.45, 2.75) is 31.7 Å². The highest BCUT2D eigenvalue weighted by atomic mass is 35.5. The van der Waals surface area contributed by atoms with Crippen molar-refractivity contribution in [3.63, 3.8) is 0 Å². The third kappa shape index (κ3) is 2.89. The van der Waals surface area contributed by atoms with E-state index in [9.17, 15) is 19.0 Å². The summed E-state index contributed by atoms with van der Waals surface area (Å²) in [4.78, 5) is 0. The molecule has 19 heavy (non-hydrogen) atoms. The predicted octanol–water partition coefficient (Wildman–Crippen LogP) is 2.83. The summed E-state index contributed by atoms with van der Waals surface area (Å²) < 4.78 is 31.5. The monoisotopic (exact) mass is 292 g/mol. The molecule has 106 valence electrons. The zero-order chi connectivity index (χ0) is 14.0. The molecule has 2 rings (SSSR count). The summed E-state index contributed by atoms with van der Waals surface area (Å²) in [6.45, 7) is -0.720. The molecule has 1 unspecified atom stereocenters. The first kappa shape index (κ1) is 14.7. The van der Waals surface area contributed by atoms with Gasteiger partial charge in [0.2, 0.25) is 0 Å². The van der Waals surface area contributed by atoms with E-state index in [0.29, 0.717) is 24.0 Å². The maximum atomic E-state index is 14.0. The molecule has 1 aromatic rings. The summed E-state index contributed by atoms with van der Waals surface area (Å²) in [6.07, 6.45) is -0.510. The molecule has 0 saturated carbocycles. The lowest BCUT2D eigenvalue weighted by Crippen LogP contribution is -2.18. The van der Waals surface area contributed by atoms with Crippen LogP contribution in [0.25, 0.3) is 0 Å². The summed E-state index contributed by atoms with van der Waals surface area (Å²) in [5, 5.41) is 18.5. The van der Waals surface area contributed by atoms with Crippen molar-refractivity contribution < 1.29 is 23.7 Å². The fourth-order valence-corrected chi connectivity index (χ4v) is 2.83. The highest BCUT2D eigenvalue weighted by Gasteiger charge is 2.29.